The van der Waals surface area contributed by atoms with Crippen LogP contribution in [0.3, 0.4) is 0 Å². The van der Waals surface area contributed by atoms with Gasteiger partial charge in [-0.15, -0.1) is 10.2 Å². The molecule has 0 saturated carbocycles. The zero-order valence-electron chi connectivity index (χ0n) is 17.2. The summed E-state index contributed by atoms with van der Waals surface area (Å²) < 4.78 is 31.5. The van der Waals surface area contributed by atoms with Crippen molar-refractivity contribution in [1.29, 1.82) is 0 Å². The molecule has 2 aromatic heterocycles. The Hall–Kier alpha value is -2.69. The van der Waals surface area contributed by atoms with E-state index in [0.29, 0.717) is 17.3 Å². The molecule has 162 valence electrons. The maximum absolute atomic E-state index is 11.7. The Kier molecular flexibility index (Phi) is 6.12. The lowest BCUT2D eigenvalue weighted by molar-refractivity contribution is 0.508. The van der Waals surface area contributed by atoms with Gasteiger partial charge in [0, 0.05) is 12.1 Å². The molecule has 4 rings (SSSR count). The minimum atomic E-state index is -3.79. The molecule has 0 saturated heterocycles. The molecule has 0 fully saturated rings. The normalized spacial score (nSPS) is 13.0. The van der Waals surface area contributed by atoms with E-state index in [1.807, 2.05) is 37.3 Å². The monoisotopic (exact) mass is 457 g/mol. The van der Waals surface area contributed by atoms with Crippen LogP contribution in [0.25, 0.3) is 22.5 Å². The first-order chi connectivity index (χ1) is 14.9. The highest BCUT2D eigenvalue weighted by molar-refractivity contribution is 7.99. The van der Waals surface area contributed by atoms with Crippen LogP contribution in [-0.4, -0.2) is 28.2 Å². The van der Waals surface area contributed by atoms with Crippen LogP contribution < -0.4 is 5.14 Å². The first kappa shape index (κ1) is 21.5. The van der Waals surface area contributed by atoms with E-state index in [-0.39, 0.29) is 10.1 Å². The molecule has 10 heteroatoms. The number of aromatic nitrogens is 4. The Morgan fingerprint density at radius 3 is 2.65 bits per heavy atom. The Bertz CT molecular complexity index is 1300. The molecule has 1 atom stereocenters. The quantitative estimate of drug-likeness (QED) is 0.390. The van der Waals surface area contributed by atoms with Crippen molar-refractivity contribution in [3.05, 3.63) is 54.4 Å². The molecule has 0 aliphatic heterocycles. The van der Waals surface area contributed by atoms with E-state index in [0.717, 1.165) is 35.6 Å². The number of thioether (sulfide) groups is 1. The lowest BCUT2D eigenvalue weighted by Crippen LogP contribution is -2.11. The van der Waals surface area contributed by atoms with Gasteiger partial charge in [-0.25, -0.2) is 18.5 Å². The zero-order valence-corrected chi connectivity index (χ0v) is 18.9. The van der Waals surface area contributed by atoms with E-state index in [1.165, 1.54) is 23.9 Å². The number of rotatable bonds is 8. The fraction of sp³-hybridized carbons (Fsp3) is 0.286. The van der Waals surface area contributed by atoms with Gasteiger partial charge in [0.25, 0.3) is 0 Å². The highest BCUT2D eigenvalue weighted by Crippen LogP contribution is 2.36. The van der Waals surface area contributed by atoms with Gasteiger partial charge in [-0.3, -0.25) is 0 Å². The lowest BCUT2D eigenvalue weighted by Gasteiger charge is -2.10. The lowest BCUT2D eigenvalue weighted by atomic mass is 10.2. The van der Waals surface area contributed by atoms with E-state index in [1.54, 1.807) is 6.07 Å². The first-order valence-electron chi connectivity index (χ1n) is 9.95. The summed E-state index contributed by atoms with van der Waals surface area (Å²) in [7, 11) is -3.79. The van der Waals surface area contributed by atoms with Crippen molar-refractivity contribution >= 4 is 32.8 Å². The number of imidazole rings is 1. The Morgan fingerprint density at radius 1 is 1.16 bits per heavy atom. The Morgan fingerprint density at radius 2 is 1.94 bits per heavy atom. The molecule has 0 aliphatic rings. The predicted octanol–water partition coefficient (Wildman–Crippen LogP) is 4.39. The van der Waals surface area contributed by atoms with Gasteiger partial charge in [-0.1, -0.05) is 43.3 Å². The molecule has 2 aromatic carbocycles. The maximum Gasteiger partial charge on any atom is 0.247 e. The summed E-state index contributed by atoms with van der Waals surface area (Å²) >= 11 is 1.50. The zero-order chi connectivity index (χ0) is 22.0. The van der Waals surface area contributed by atoms with Crippen molar-refractivity contribution in [2.75, 3.05) is 0 Å². The molecule has 0 unspecified atom stereocenters. The number of unbranched alkanes of at least 4 members (excludes halogenated alkanes) is 1. The second-order valence-electron chi connectivity index (χ2n) is 7.17. The fourth-order valence-corrected chi connectivity index (χ4v) is 4.71. The van der Waals surface area contributed by atoms with E-state index < -0.39 is 10.0 Å². The minimum Gasteiger partial charge on any atom is -0.419 e. The van der Waals surface area contributed by atoms with Crippen LogP contribution in [0.4, 0.5) is 0 Å². The standard InChI is InChI=1S/C21H23N5O3S2/c1-3-4-12-26-18-11-10-16(31(22,27)28)13-17(18)23-21(26)30-14(2)19-24-25-20(29-19)15-8-6-5-7-9-15/h5-11,13-14H,3-4,12H2,1-2H3,(H2,22,27,28)/t14-/m1/s1. The molecule has 0 bridgehead atoms. The van der Waals surface area contributed by atoms with Crippen molar-refractivity contribution in [1.82, 2.24) is 19.7 Å². The van der Waals surface area contributed by atoms with Crippen LogP contribution in [-0.2, 0) is 16.6 Å². The number of benzene rings is 2. The molecule has 8 nitrogen and oxygen atoms in total. The molecule has 31 heavy (non-hydrogen) atoms. The van der Waals surface area contributed by atoms with Crippen molar-refractivity contribution in [2.24, 2.45) is 5.14 Å². The van der Waals surface area contributed by atoms with Gasteiger partial charge >= 0.3 is 0 Å². The van der Waals surface area contributed by atoms with Gasteiger partial charge in [0.15, 0.2) is 5.16 Å². The second kappa shape index (κ2) is 8.81. The fourth-order valence-electron chi connectivity index (χ4n) is 3.19. The largest absolute Gasteiger partial charge is 0.419 e. The van der Waals surface area contributed by atoms with Gasteiger partial charge in [0.05, 0.1) is 21.2 Å². The van der Waals surface area contributed by atoms with Crippen molar-refractivity contribution in [3.63, 3.8) is 0 Å². The third-order valence-corrected chi connectivity index (χ3v) is 6.83. The molecule has 2 N–H and O–H groups in total. The summed E-state index contributed by atoms with van der Waals surface area (Å²) in [4.78, 5) is 4.74. The van der Waals surface area contributed by atoms with Crippen LogP contribution in [0, 0.1) is 0 Å². The second-order valence-corrected chi connectivity index (χ2v) is 10.0. The van der Waals surface area contributed by atoms with Crippen LogP contribution in [0.5, 0.6) is 0 Å². The number of hydrogen-bond acceptors (Lipinski definition) is 7. The summed E-state index contributed by atoms with van der Waals surface area (Å²) in [6.45, 7) is 4.87. The van der Waals surface area contributed by atoms with Gasteiger partial charge in [0.1, 0.15) is 0 Å². The van der Waals surface area contributed by atoms with Crippen LogP contribution in [0.1, 0.15) is 37.8 Å². The Balaban J connectivity index is 1.65. The number of fused-ring (bicyclic) bond motifs is 1. The predicted molar refractivity (Wildman–Crippen MR) is 120 cm³/mol. The molecule has 0 aliphatic carbocycles. The van der Waals surface area contributed by atoms with E-state index in [4.69, 9.17) is 9.56 Å². The number of nitrogens with zero attached hydrogens (tertiary/aromatic N) is 4. The number of hydrogen-bond donors (Lipinski definition) is 1. The summed E-state index contributed by atoms with van der Waals surface area (Å²) in [5.41, 5.74) is 2.32. The topological polar surface area (TPSA) is 117 Å². The first-order valence-corrected chi connectivity index (χ1v) is 12.4. The van der Waals surface area contributed by atoms with Crippen LogP contribution >= 0.6 is 11.8 Å². The van der Waals surface area contributed by atoms with Gasteiger partial charge < -0.3 is 8.98 Å². The molecular formula is C21H23N5O3S2. The smallest absolute Gasteiger partial charge is 0.247 e. The average molecular weight is 458 g/mol. The molecule has 0 amide bonds. The van der Waals surface area contributed by atoms with Gasteiger partial charge in [-0.05, 0) is 43.7 Å². The van der Waals surface area contributed by atoms with Gasteiger partial charge in [-0.2, -0.15) is 0 Å². The maximum atomic E-state index is 11.7. The molecule has 4 aromatic rings. The van der Waals surface area contributed by atoms with Crippen LogP contribution in [0.2, 0.25) is 0 Å². The highest BCUT2D eigenvalue weighted by atomic mass is 32.2. The van der Waals surface area contributed by atoms with Crippen molar-refractivity contribution in [2.45, 2.75) is 48.5 Å². The Labute approximate surface area is 184 Å². The molecular weight excluding hydrogens is 434 g/mol. The third-order valence-electron chi connectivity index (χ3n) is 4.84. The third kappa shape index (κ3) is 4.65. The SMILES string of the molecule is CCCCn1c(S[C@H](C)c2nnc(-c3ccccc3)o2)nc2cc(S(N)(=O)=O)ccc21. The number of sulfonamides is 1. The minimum absolute atomic E-state index is 0.0501. The van der Waals surface area contributed by atoms with Crippen molar-refractivity contribution < 1.29 is 12.8 Å². The molecule has 2 heterocycles. The number of nitrogens with two attached hydrogens (primary N) is 1. The van der Waals surface area contributed by atoms with Crippen LogP contribution in [0.15, 0.2) is 63.0 Å². The number of primary sulfonamides is 1. The van der Waals surface area contributed by atoms with Crippen molar-refractivity contribution in [3.8, 4) is 11.5 Å². The van der Waals surface area contributed by atoms with Gasteiger partial charge in [0.2, 0.25) is 21.8 Å². The van der Waals surface area contributed by atoms with E-state index >= 15 is 0 Å². The summed E-state index contributed by atoms with van der Waals surface area (Å²) in [6, 6.07) is 14.4. The summed E-state index contributed by atoms with van der Waals surface area (Å²) in [6.07, 6.45) is 2.00. The number of aryl methyl sites for hydroxylation is 1. The van der Waals surface area contributed by atoms with E-state index in [9.17, 15) is 8.42 Å². The molecule has 0 spiro atoms. The molecule has 0 radical (unpaired) electrons. The highest BCUT2D eigenvalue weighted by Gasteiger charge is 2.21. The van der Waals surface area contributed by atoms with E-state index in [2.05, 4.69) is 26.7 Å². The average Bonchev–Trinajstić information content (AvgIpc) is 3.37. The summed E-state index contributed by atoms with van der Waals surface area (Å²) in [5.74, 6) is 0.975. The summed E-state index contributed by atoms with van der Waals surface area (Å²) in [5, 5.41) is 14.3.